The number of alkyl halides is 3. The Kier molecular flexibility index (Phi) is 6.57. The molecule has 3 aliphatic heterocycles. The molecule has 1 N–H and O–H groups in total. The molecule has 32 heavy (non-hydrogen) atoms. The molecule has 3 amide bonds. The smallest absolute Gasteiger partial charge is 0.489 e. The van der Waals surface area contributed by atoms with E-state index in [0.717, 1.165) is 12.1 Å². The van der Waals surface area contributed by atoms with Crippen LogP contribution in [0.1, 0.15) is 19.3 Å². The molecule has 0 saturated carbocycles. The topological polar surface area (TPSA) is 80.3 Å². The second kappa shape index (κ2) is 9.22. The van der Waals surface area contributed by atoms with Crippen LogP contribution in [0.4, 0.5) is 18.0 Å². The van der Waals surface area contributed by atoms with E-state index in [4.69, 9.17) is 21.1 Å². The third kappa shape index (κ3) is 5.50. The molecule has 0 unspecified atom stereocenters. The fourth-order valence-electron chi connectivity index (χ4n) is 4.19. The molecule has 2 atom stereocenters. The summed E-state index contributed by atoms with van der Waals surface area (Å²) in [7, 11) is 0. The summed E-state index contributed by atoms with van der Waals surface area (Å²) in [6.07, 6.45) is -3.29. The maximum atomic E-state index is 12.9. The van der Waals surface area contributed by atoms with E-state index >= 15 is 0 Å². The number of amides is 3. The zero-order chi connectivity index (χ0) is 22.9. The summed E-state index contributed by atoms with van der Waals surface area (Å²) < 4.78 is 52.2. The number of ether oxygens (including phenoxy) is 3. The number of halogens is 4. The lowest BCUT2D eigenvalue weighted by atomic mass is 10.0. The normalized spacial score (nSPS) is 24.6. The van der Waals surface area contributed by atoms with Gasteiger partial charge in [-0.1, -0.05) is 11.6 Å². The summed E-state index contributed by atoms with van der Waals surface area (Å²) in [5.41, 5.74) is 0. The lowest BCUT2D eigenvalue weighted by molar-refractivity contribution is -0.274. The Morgan fingerprint density at radius 3 is 2.56 bits per heavy atom. The number of rotatable bonds is 3. The highest BCUT2D eigenvalue weighted by molar-refractivity contribution is 6.32. The Bertz CT molecular complexity index is 863. The number of carbonyl (C=O) groups excluding carboxylic acids is 2. The Morgan fingerprint density at radius 1 is 1.16 bits per heavy atom. The number of nitrogens with one attached hydrogen (secondary N) is 1. The van der Waals surface area contributed by atoms with E-state index in [1.54, 1.807) is 9.80 Å². The van der Waals surface area contributed by atoms with Crippen LogP contribution in [-0.4, -0.2) is 79.1 Å². The van der Waals surface area contributed by atoms with E-state index in [0.29, 0.717) is 45.4 Å². The monoisotopic (exact) mass is 477 g/mol. The molecule has 0 radical (unpaired) electrons. The number of hydrogen-bond donors (Lipinski definition) is 1. The molecule has 0 bridgehead atoms. The average Bonchev–Trinajstić information content (AvgIpc) is 2.74. The molecule has 0 aliphatic carbocycles. The van der Waals surface area contributed by atoms with Gasteiger partial charge in [-0.2, -0.15) is 0 Å². The van der Waals surface area contributed by atoms with Crippen molar-refractivity contribution in [2.75, 3.05) is 32.8 Å². The molecule has 3 fully saturated rings. The van der Waals surface area contributed by atoms with Crippen LogP contribution in [0, 0.1) is 0 Å². The highest BCUT2D eigenvalue weighted by atomic mass is 35.5. The van der Waals surface area contributed by atoms with Crippen LogP contribution in [0.5, 0.6) is 11.5 Å². The second-order valence-corrected chi connectivity index (χ2v) is 8.39. The zero-order valence-electron chi connectivity index (χ0n) is 17.1. The highest BCUT2D eigenvalue weighted by Gasteiger charge is 2.38. The summed E-state index contributed by atoms with van der Waals surface area (Å²) >= 11 is 6.04. The molecule has 1 aromatic rings. The molecule has 12 heteroatoms. The number of fused-ring (bicyclic) bond motifs is 1. The Labute approximate surface area is 187 Å². The largest absolute Gasteiger partial charge is 0.573 e. The molecular formula is C20H23ClF3N3O5. The van der Waals surface area contributed by atoms with Gasteiger partial charge in [-0.25, -0.2) is 4.79 Å². The molecule has 8 nitrogen and oxygen atoms in total. The van der Waals surface area contributed by atoms with Crippen LogP contribution >= 0.6 is 11.6 Å². The van der Waals surface area contributed by atoms with Crippen LogP contribution in [0.3, 0.4) is 0 Å². The first-order chi connectivity index (χ1) is 15.2. The number of nitrogens with zero attached hydrogens (tertiary/aromatic N) is 2. The third-order valence-corrected chi connectivity index (χ3v) is 6.03. The molecule has 3 aliphatic rings. The van der Waals surface area contributed by atoms with E-state index in [1.807, 2.05) is 0 Å². The van der Waals surface area contributed by atoms with Crippen molar-refractivity contribution in [1.82, 2.24) is 15.1 Å². The van der Waals surface area contributed by atoms with Crippen LogP contribution < -0.4 is 14.8 Å². The van der Waals surface area contributed by atoms with Gasteiger partial charge in [-0.3, -0.25) is 4.79 Å². The molecule has 0 aromatic heterocycles. The van der Waals surface area contributed by atoms with Gasteiger partial charge >= 0.3 is 12.4 Å². The minimum Gasteiger partial charge on any atom is -0.489 e. The van der Waals surface area contributed by atoms with Crippen molar-refractivity contribution in [1.29, 1.82) is 0 Å². The summed E-state index contributed by atoms with van der Waals surface area (Å²) in [5.74, 6) is -0.324. The molecular weight excluding hydrogens is 455 g/mol. The fourth-order valence-corrected chi connectivity index (χ4v) is 4.41. The summed E-state index contributed by atoms with van der Waals surface area (Å²) in [5, 5.41) is 2.90. The molecule has 1 aromatic carbocycles. The standard InChI is InChI=1S/C20H23ClF3N3O5/c21-14-9-13(32-20(22,23)24)1-2-16(14)31-12-3-6-26(7-4-12)19(29)27-8-5-17-15(10-27)25-18(28)11-30-17/h1-2,9,12,15,17H,3-8,10-11H2,(H,25,28)/t15-,17+/m1/s1. The van der Waals surface area contributed by atoms with Crippen LogP contribution in [0.2, 0.25) is 5.02 Å². The van der Waals surface area contributed by atoms with E-state index in [1.165, 1.54) is 6.07 Å². The minimum absolute atomic E-state index is 0.0184. The van der Waals surface area contributed by atoms with Crippen molar-refractivity contribution in [3.05, 3.63) is 23.2 Å². The number of piperidine rings is 2. The molecule has 0 spiro atoms. The van der Waals surface area contributed by atoms with Crippen molar-refractivity contribution < 1.29 is 37.0 Å². The van der Waals surface area contributed by atoms with Gasteiger partial charge in [-0.05, 0) is 18.6 Å². The zero-order valence-corrected chi connectivity index (χ0v) is 17.8. The van der Waals surface area contributed by atoms with Gasteiger partial charge in [0.25, 0.3) is 0 Å². The predicted octanol–water partition coefficient (Wildman–Crippen LogP) is 2.79. The van der Waals surface area contributed by atoms with Gasteiger partial charge in [0.15, 0.2) is 0 Å². The lowest BCUT2D eigenvalue weighted by Crippen LogP contribution is -2.62. The van der Waals surface area contributed by atoms with Gasteiger partial charge in [0, 0.05) is 45.1 Å². The van der Waals surface area contributed by atoms with Gasteiger partial charge in [0.05, 0.1) is 17.2 Å². The van der Waals surface area contributed by atoms with Gasteiger partial charge in [0.2, 0.25) is 5.91 Å². The Hall–Kier alpha value is -2.40. The maximum absolute atomic E-state index is 12.9. The summed E-state index contributed by atoms with van der Waals surface area (Å²) in [6.45, 7) is 1.99. The SMILES string of the molecule is O=C1CO[C@H]2CCN(C(=O)N3CCC(Oc4ccc(OC(F)(F)F)cc4Cl)CC3)C[C@H]2N1. The van der Waals surface area contributed by atoms with Crippen molar-refractivity contribution in [2.45, 2.75) is 43.9 Å². The van der Waals surface area contributed by atoms with Crippen molar-refractivity contribution in [3.63, 3.8) is 0 Å². The van der Waals surface area contributed by atoms with Crippen molar-refractivity contribution in [3.8, 4) is 11.5 Å². The first kappa shape index (κ1) is 22.8. The number of carbonyl (C=O) groups is 2. The maximum Gasteiger partial charge on any atom is 0.573 e. The number of urea groups is 1. The number of hydrogen-bond acceptors (Lipinski definition) is 5. The van der Waals surface area contributed by atoms with E-state index in [2.05, 4.69) is 10.1 Å². The van der Waals surface area contributed by atoms with Crippen LogP contribution in [0.15, 0.2) is 18.2 Å². The fraction of sp³-hybridized carbons (Fsp3) is 0.600. The average molecular weight is 478 g/mol. The Balaban J connectivity index is 1.27. The van der Waals surface area contributed by atoms with Gasteiger partial charge in [0.1, 0.15) is 24.2 Å². The van der Waals surface area contributed by atoms with Crippen molar-refractivity contribution in [2.24, 2.45) is 0 Å². The molecule has 4 rings (SSSR count). The predicted molar refractivity (Wildman–Crippen MR) is 107 cm³/mol. The van der Waals surface area contributed by atoms with Gasteiger partial charge in [-0.15, -0.1) is 13.2 Å². The number of likely N-dealkylation sites (tertiary alicyclic amines) is 2. The number of morpholine rings is 1. The van der Waals surface area contributed by atoms with Crippen molar-refractivity contribution >= 4 is 23.5 Å². The summed E-state index contributed by atoms with van der Waals surface area (Å²) in [6, 6.07) is 3.26. The lowest BCUT2D eigenvalue weighted by Gasteiger charge is -2.43. The highest BCUT2D eigenvalue weighted by Crippen LogP contribution is 2.33. The third-order valence-electron chi connectivity index (χ3n) is 5.74. The number of benzene rings is 1. The van der Waals surface area contributed by atoms with E-state index in [9.17, 15) is 22.8 Å². The molecule has 3 saturated heterocycles. The minimum atomic E-state index is -4.80. The van der Waals surface area contributed by atoms with E-state index in [-0.39, 0.29) is 47.6 Å². The van der Waals surface area contributed by atoms with Gasteiger partial charge < -0.3 is 29.3 Å². The first-order valence-corrected chi connectivity index (χ1v) is 10.7. The van der Waals surface area contributed by atoms with Crippen LogP contribution in [-0.2, 0) is 9.53 Å². The second-order valence-electron chi connectivity index (χ2n) is 7.99. The van der Waals surface area contributed by atoms with Crippen LogP contribution in [0.25, 0.3) is 0 Å². The summed E-state index contributed by atoms with van der Waals surface area (Å²) in [4.78, 5) is 27.9. The molecule has 176 valence electrons. The first-order valence-electron chi connectivity index (χ1n) is 10.3. The quantitative estimate of drug-likeness (QED) is 0.724. The molecule has 3 heterocycles. The van der Waals surface area contributed by atoms with E-state index < -0.39 is 12.1 Å². The Morgan fingerprint density at radius 2 is 1.88 bits per heavy atom.